The lowest BCUT2D eigenvalue weighted by molar-refractivity contribution is -0.132. The number of amides is 1. The zero-order chi connectivity index (χ0) is 19.9. The van der Waals surface area contributed by atoms with E-state index in [0.29, 0.717) is 13.0 Å². The van der Waals surface area contributed by atoms with Gasteiger partial charge in [0.1, 0.15) is 5.76 Å². The summed E-state index contributed by atoms with van der Waals surface area (Å²) in [6.07, 6.45) is 4.89. The standard InChI is InChI=1S/C21H30N4O2S/c1-14-18(16(3)27-23-14)12-25-20(26)6-8-21(25)7-5-10-24(11-9-21)13-19-15(2)22-17(4)28-19/h5-13H2,1-4H3. The monoisotopic (exact) mass is 402 g/mol. The summed E-state index contributed by atoms with van der Waals surface area (Å²) >= 11 is 1.81. The molecule has 0 aromatic carbocycles. The van der Waals surface area contributed by atoms with Crippen LogP contribution >= 0.6 is 11.3 Å². The van der Waals surface area contributed by atoms with Gasteiger partial charge >= 0.3 is 0 Å². The van der Waals surface area contributed by atoms with E-state index >= 15 is 0 Å². The second kappa shape index (κ2) is 7.59. The summed E-state index contributed by atoms with van der Waals surface area (Å²) in [5.41, 5.74) is 3.13. The smallest absolute Gasteiger partial charge is 0.223 e. The number of nitrogens with zero attached hydrogens (tertiary/aromatic N) is 4. The Kier molecular flexibility index (Phi) is 5.31. The molecule has 0 N–H and O–H groups in total. The molecule has 0 radical (unpaired) electrons. The molecule has 4 rings (SSSR count). The quantitative estimate of drug-likeness (QED) is 0.776. The van der Waals surface area contributed by atoms with Crippen molar-refractivity contribution in [1.82, 2.24) is 19.9 Å². The van der Waals surface area contributed by atoms with Crippen molar-refractivity contribution in [3.05, 3.63) is 32.6 Å². The first-order valence-corrected chi connectivity index (χ1v) is 11.1. The first-order chi connectivity index (χ1) is 13.4. The molecule has 0 aliphatic carbocycles. The summed E-state index contributed by atoms with van der Waals surface area (Å²) in [4.78, 5) is 23.4. The van der Waals surface area contributed by atoms with Gasteiger partial charge in [0.15, 0.2) is 0 Å². The maximum Gasteiger partial charge on any atom is 0.223 e. The van der Waals surface area contributed by atoms with Gasteiger partial charge in [-0.1, -0.05) is 5.16 Å². The molecule has 6 nitrogen and oxygen atoms in total. The molecule has 7 heteroatoms. The van der Waals surface area contributed by atoms with Gasteiger partial charge in [-0.2, -0.15) is 0 Å². The lowest BCUT2D eigenvalue weighted by Gasteiger charge is -2.38. The number of aryl methyl sites for hydroxylation is 4. The number of hydrogen-bond donors (Lipinski definition) is 0. The van der Waals surface area contributed by atoms with Crippen molar-refractivity contribution in [2.45, 2.75) is 78.4 Å². The number of aromatic nitrogens is 2. The molecule has 28 heavy (non-hydrogen) atoms. The van der Waals surface area contributed by atoms with Crippen LogP contribution < -0.4 is 0 Å². The van der Waals surface area contributed by atoms with Gasteiger partial charge < -0.3 is 9.42 Å². The van der Waals surface area contributed by atoms with Crippen LogP contribution in [0.5, 0.6) is 0 Å². The lowest BCUT2D eigenvalue weighted by atomic mass is 9.87. The fourth-order valence-corrected chi connectivity index (χ4v) is 5.83. The van der Waals surface area contributed by atoms with Crippen molar-refractivity contribution in [3.8, 4) is 0 Å². The van der Waals surface area contributed by atoms with Gasteiger partial charge in [0.05, 0.1) is 22.9 Å². The molecule has 4 heterocycles. The Labute approximate surface area is 170 Å². The number of likely N-dealkylation sites (tertiary alicyclic amines) is 2. The Morgan fingerprint density at radius 1 is 1.07 bits per heavy atom. The highest BCUT2D eigenvalue weighted by Crippen LogP contribution is 2.41. The molecule has 2 aromatic rings. The molecule has 1 amide bonds. The Hall–Kier alpha value is -1.73. The van der Waals surface area contributed by atoms with Crippen LogP contribution in [0.1, 0.15) is 64.7 Å². The minimum Gasteiger partial charge on any atom is -0.361 e. The highest BCUT2D eigenvalue weighted by atomic mass is 32.1. The third-order valence-electron chi connectivity index (χ3n) is 6.55. The fraction of sp³-hybridized carbons (Fsp3) is 0.667. The van der Waals surface area contributed by atoms with Crippen LogP contribution in [-0.4, -0.2) is 44.5 Å². The maximum atomic E-state index is 12.8. The molecular weight excluding hydrogens is 372 g/mol. The third-order valence-corrected chi connectivity index (χ3v) is 7.61. The van der Waals surface area contributed by atoms with Crippen LogP contribution in [0.25, 0.3) is 0 Å². The molecule has 2 saturated heterocycles. The summed E-state index contributed by atoms with van der Waals surface area (Å²) in [5.74, 6) is 1.11. The Bertz CT molecular complexity index is 854. The van der Waals surface area contributed by atoms with Gasteiger partial charge in [-0.05, 0) is 59.9 Å². The van der Waals surface area contributed by atoms with E-state index in [-0.39, 0.29) is 11.4 Å². The van der Waals surface area contributed by atoms with Crippen molar-refractivity contribution in [2.24, 2.45) is 0 Å². The molecular formula is C21H30N4O2S. The molecule has 1 atom stereocenters. The average molecular weight is 403 g/mol. The number of thiazole rings is 1. The van der Waals surface area contributed by atoms with Crippen molar-refractivity contribution in [2.75, 3.05) is 13.1 Å². The van der Waals surface area contributed by atoms with Crippen LogP contribution in [0.4, 0.5) is 0 Å². The summed E-state index contributed by atoms with van der Waals surface area (Å²) in [6, 6.07) is 0. The largest absolute Gasteiger partial charge is 0.361 e. The van der Waals surface area contributed by atoms with Crippen LogP contribution in [0.3, 0.4) is 0 Å². The van der Waals surface area contributed by atoms with Crippen LogP contribution in [0.2, 0.25) is 0 Å². The minimum atomic E-state index is -0.0132. The van der Waals surface area contributed by atoms with Gasteiger partial charge in [0.25, 0.3) is 0 Å². The highest BCUT2D eigenvalue weighted by Gasteiger charge is 2.46. The van der Waals surface area contributed by atoms with Crippen molar-refractivity contribution in [3.63, 3.8) is 0 Å². The van der Waals surface area contributed by atoms with Gasteiger partial charge in [-0.15, -0.1) is 11.3 Å². The Morgan fingerprint density at radius 2 is 1.89 bits per heavy atom. The fourth-order valence-electron chi connectivity index (χ4n) is 4.85. The van der Waals surface area contributed by atoms with Crippen molar-refractivity contribution in [1.29, 1.82) is 0 Å². The van der Waals surface area contributed by atoms with Crippen LogP contribution in [0.15, 0.2) is 4.52 Å². The van der Waals surface area contributed by atoms with E-state index in [1.807, 2.05) is 25.2 Å². The van der Waals surface area contributed by atoms with E-state index in [1.54, 1.807) is 0 Å². The number of rotatable bonds is 4. The highest BCUT2D eigenvalue weighted by molar-refractivity contribution is 7.11. The first kappa shape index (κ1) is 19.6. The average Bonchev–Trinajstić information content (AvgIpc) is 3.18. The van der Waals surface area contributed by atoms with E-state index < -0.39 is 0 Å². The molecule has 152 valence electrons. The summed E-state index contributed by atoms with van der Waals surface area (Å²) in [5, 5.41) is 5.22. The molecule has 2 aliphatic heterocycles. The summed E-state index contributed by atoms with van der Waals surface area (Å²) in [6.45, 7) is 11.8. The predicted octanol–water partition coefficient (Wildman–Crippen LogP) is 3.91. The van der Waals surface area contributed by atoms with E-state index in [9.17, 15) is 4.79 Å². The van der Waals surface area contributed by atoms with Crippen LogP contribution in [-0.2, 0) is 17.9 Å². The number of carbonyl (C=O) groups excluding carboxylic acids is 1. The van der Waals surface area contributed by atoms with Gasteiger partial charge in [-0.25, -0.2) is 4.98 Å². The van der Waals surface area contributed by atoms with Gasteiger partial charge in [-0.3, -0.25) is 9.69 Å². The van der Waals surface area contributed by atoms with E-state index in [1.165, 1.54) is 4.88 Å². The van der Waals surface area contributed by atoms with Crippen molar-refractivity contribution >= 4 is 17.2 Å². The van der Waals surface area contributed by atoms with Crippen molar-refractivity contribution < 1.29 is 9.32 Å². The maximum absolute atomic E-state index is 12.8. The van der Waals surface area contributed by atoms with E-state index in [2.05, 4.69) is 33.8 Å². The van der Waals surface area contributed by atoms with Gasteiger partial charge in [0, 0.05) is 35.5 Å². The Balaban J connectivity index is 1.49. The normalized spacial score (nSPS) is 23.7. The van der Waals surface area contributed by atoms with Crippen LogP contribution in [0, 0.1) is 27.7 Å². The summed E-state index contributed by atoms with van der Waals surface area (Å²) < 4.78 is 5.34. The lowest BCUT2D eigenvalue weighted by Crippen LogP contribution is -2.46. The second-order valence-electron chi connectivity index (χ2n) is 8.38. The second-order valence-corrected chi connectivity index (χ2v) is 9.67. The number of carbonyl (C=O) groups is 1. The summed E-state index contributed by atoms with van der Waals surface area (Å²) in [7, 11) is 0. The van der Waals surface area contributed by atoms with E-state index in [4.69, 9.17) is 4.52 Å². The number of hydrogen-bond acceptors (Lipinski definition) is 6. The molecule has 2 aromatic heterocycles. The molecule has 0 bridgehead atoms. The molecule has 2 aliphatic rings. The zero-order valence-corrected chi connectivity index (χ0v) is 18.2. The topological polar surface area (TPSA) is 62.5 Å². The molecule has 1 spiro atoms. The molecule has 0 saturated carbocycles. The zero-order valence-electron chi connectivity index (χ0n) is 17.4. The molecule has 2 fully saturated rings. The minimum absolute atomic E-state index is 0.0132. The molecule has 1 unspecified atom stereocenters. The third kappa shape index (κ3) is 3.62. The Morgan fingerprint density at radius 3 is 2.57 bits per heavy atom. The van der Waals surface area contributed by atoms with Gasteiger partial charge in [0.2, 0.25) is 5.91 Å². The van der Waals surface area contributed by atoms with E-state index in [0.717, 1.165) is 73.0 Å². The SMILES string of the molecule is Cc1nc(C)c(CN2CCCC3(CCC(=O)N3Cc3c(C)noc3C)CC2)s1. The first-order valence-electron chi connectivity index (χ1n) is 10.3. The predicted molar refractivity (Wildman–Crippen MR) is 109 cm³/mol.